The summed E-state index contributed by atoms with van der Waals surface area (Å²) in [5.74, 6) is 1.64. The minimum absolute atomic E-state index is 0.818. The molecule has 4 nitrogen and oxygen atoms in total. The Morgan fingerprint density at radius 1 is 1.26 bits per heavy atom. The second kappa shape index (κ2) is 4.65. The Labute approximate surface area is 111 Å². The summed E-state index contributed by atoms with van der Waals surface area (Å²) in [4.78, 5) is 7.64. The molecule has 0 bridgehead atoms. The molecule has 2 aromatic heterocycles. The SMILES string of the molecule is COc1cccc(Nc2nccc3c(C)c[nH]c23)c1. The van der Waals surface area contributed by atoms with Gasteiger partial charge < -0.3 is 15.0 Å². The number of nitrogens with one attached hydrogen (secondary N) is 2. The number of ether oxygens (including phenoxy) is 1. The molecule has 96 valence electrons. The summed E-state index contributed by atoms with van der Waals surface area (Å²) in [5.41, 5.74) is 3.18. The Balaban J connectivity index is 2.00. The van der Waals surface area contributed by atoms with Crippen molar-refractivity contribution in [1.29, 1.82) is 0 Å². The Morgan fingerprint density at radius 3 is 3.00 bits per heavy atom. The third kappa shape index (κ3) is 2.12. The van der Waals surface area contributed by atoms with Crippen LogP contribution in [0.5, 0.6) is 5.75 Å². The maximum Gasteiger partial charge on any atom is 0.154 e. The molecular weight excluding hydrogens is 238 g/mol. The van der Waals surface area contributed by atoms with Crippen molar-refractivity contribution in [3.8, 4) is 5.75 Å². The van der Waals surface area contributed by atoms with Crippen LogP contribution in [0.15, 0.2) is 42.7 Å². The number of aromatic amines is 1. The lowest BCUT2D eigenvalue weighted by Gasteiger charge is -2.08. The van der Waals surface area contributed by atoms with Crippen molar-refractivity contribution in [2.24, 2.45) is 0 Å². The topological polar surface area (TPSA) is 49.9 Å². The van der Waals surface area contributed by atoms with Gasteiger partial charge in [0.25, 0.3) is 0 Å². The van der Waals surface area contributed by atoms with Crippen LogP contribution in [0.4, 0.5) is 11.5 Å². The van der Waals surface area contributed by atoms with Crippen LogP contribution >= 0.6 is 0 Å². The second-order valence-corrected chi connectivity index (χ2v) is 4.41. The number of H-pyrrole nitrogens is 1. The standard InChI is InChI=1S/C15H15N3O/c1-10-9-17-14-13(10)6-7-16-15(14)18-11-4-3-5-12(8-11)19-2/h3-9,17H,1-2H3,(H,16,18). The van der Waals surface area contributed by atoms with E-state index < -0.39 is 0 Å². The van der Waals surface area contributed by atoms with E-state index in [0.717, 1.165) is 22.8 Å². The van der Waals surface area contributed by atoms with Gasteiger partial charge in [-0.1, -0.05) is 6.07 Å². The molecule has 0 amide bonds. The third-order valence-electron chi connectivity index (χ3n) is 3.14. The summed E-state index contributed by atoms with van der Waals surface area (Å²) in [6.07, 6.45) is 3.80. The van der Waals surface area contributed by atoms with Crippen LogP contribution in [0.3, 0.4) is 0 Å². The zero-order valence-electron chi connectivity index (χ0n) is 10.9. The van der Waals surface area contributed by atoms with Gasteiger partial charge in [0.05, 0.1) is 12.6 Å². The predicted octanol–water partition coefficient (Wildman–Crippen LogP) is 3.62. The molecule has 0 aliphatic heterocycles. The number of methoxy groups -OCH3 is 1. The summed E-state index contributed by atoms with van der Waals surface area (Å²) in [5, 5.41) is 4.49. The molecule has 0 aliphatic carbocycles. The molecule has 0 atom stereocenters. The number of benzene rings is 1. The van der Waals surface area contributed by atoms with Gasteiger partial charge in [0.15, 0.2) is 5.82 Å². The average Bonchev–Trinajstić information content (AvgIpc) is 2.82. The highest BCUT2D eigenvalue weighted by atomic mass is 16.5. The maximum absolute atomic E-state index is 5.22. The van der Waals surface area contributed by atoms with Crippen molar-refractivity contribution >= 4 is 22.4 Å². The van der Waals surface area contributed by atoms with Crippen LogP contribution in [0.25, 0.3) is 10.9 Å². The molecule has 4 heteroatoms. The van der Waals surface area contributed by atoms with Crippen molar-refractivity contribution in [2.45, 2.75) is 6.92 Å². The first-order valence-corrected chi connectivity index (χ1v) is 6.11. The molecule has 0 saturated carbocycles. The van der Waals surface area contributed by atoms with Crippen LogP contribution < -0.4 is 10.1 Å². The third-order valence-corrected chi connectivity index (χ3v) is 3.14. The van der Waals surface area contributed by atoms with E-state index in [0.29, 0.717) is 0 Å². The van der Waals surface area contributed by atoms with E-state index in [1.54, 1.807) is 7.11 Å². The first-order chi connectivity index (χ1) is 9.28. The largest absolute Gasteiger partial charge is 0.497 e. The molecule has 19 heavy (non-hydrogen) atoms. The van der Waals surface area contributed by atoms with E-state index in [1.165, 1.54) is 10.9 Å². The first-order valence-electron chi connectivity index (χ1n) is 6.11. The van der Waals surface area contributed by atoms with E-state index in [2.05, 4.69) is 22.2 Å². The molecule has 2 heterocycles. The van der Waals surface area contributed by atoms with Gasteiger partial charge in [-0.15, -0.1) is 0 Å². The van der Waals surface area contributed by atoms with Crippen molar-refractivity contribution in [3.63, 3.8) is 0 Å². The smallest absolute Gasteiger partial charge is 0.154 e. The number of aryl methyl sites for hydroxylation is 1. The molecule has 0 radical (unpaired) electrons. The fraction of sp³-hybridized carbons (Fsp3) is 0.133. The summed E-state index contributed by atoms with van der Waals surface area (Å²) in [6, 6.07) is 9.80. The summed E-state index contributed by atoms with van der Waals surface area (Å²) >= 11 is 0. The molecule has 1 aromatic carbocycles. The van der Waals surface area contributed by atoms with Crippen molar-refractivity contribution in [1.82, 2.24) is 9.97 Å². The Morgan fingerprint density at radius 2 is 2.16 bits per heavy atom. The van der Waals surface area contributed by atoms with Gasteiger partial charge in [-0.3, -0.25) is 0 Å². The summed E-state index contributed by atoms with van der Waals surface area (Å²) in [6.45, 7) is 2.08. The van der Waals surface area contributed by atoms with Gasteiger partial charge in [0.1, 0.15) is 5.75 Å². The Hall–Kier alpha value is -2.49. The highest BCUT2D eigenvalue weighted by Gasteiger charge is 2.06. The van der Waals surface area contributed by atoms with Crippen molar-refractivity contribution < 1.29 is 4.74 Å². The van der Waals surface area contributed by atoms with Gasteiger partial charge >= 0.3 is 0 Å². The molecule has 3 aromatic rings. The average molecular weight is 253 g/mol. The van der Waals surface area contributed by atoms with E-state index in [-0.39, 0.29) is 0 Å². The number of nitrogens with zero attached hydrogens (tertiary/aromatic N) is 1. The molecule has 0 unspecified atom stereocenters. The van der Waals surface area contributed by atoms with E-state index >= 15 is 0 Å². The monoisotopic (exact) mass is 253 g/mol. The van der Waals surface area contributed by atoms with E-state index in [9.17, 15) is 0 Å². The van der Waals surface area contributed by atoms with Gasteiger partial charge in [0.2, 0.25) is 0 Å². The number of rotatable bonds is 3. The van der Waals surface area contributed by atoms with Crippen LogP contribution in [-0.2, 0) is 0 Å². The molecule has 2 N–H and O–H groups in total. The molecular formula is C15H15N3O. The van der Waals surface area contributed by atoms with Crippen LogP contribution in [-0.4, -0.2) is 17.1 Å². The highest BCUT2D eigenvalue weighted by molar-refractivity contribution is 5.92. The van der Waals surface area contributed by atoms with Crippen LogP contribution in [0, 0.1) is 6.92 Å². The number of hydrogen-bond donors (Lipinski definition) is 2. The van der Waals surface area contributed by atoms with E-state index in [4.69, 9.17) is 4.74 Å². The lowest BCUT2D eigenvalue weighted by atomic mass is 10.2. The fourth-order valence-corrected chi connectivity index (χ4v) is 2.13. The quantitative estimate of drug-likeness (QED) is 0.749. The molecule has 0 aliphatic rings. The van der Waals surface area contributed by atoms with E-state index in [1.807, 2.05) is 42.7 Å². The number of aromatic nitrogens is 2. The predicted molar refractivity (Wildman–Crippen MR) is 77.1 cm³/mol. The van der Waals surface area contributed by atoms with Gasteiger partial charge in [-0.25, -0.2) is 4.98 Å². The van der Waals surface area contributed by atoms with Gasteiger partial charge in [-0.05, 0) is 30.7 Å². The second-order valence-electron chi connectivity index (χ2n) is 4.41. The highest BCUT2D eigenvalue weighted by Crippen LogP contribution is 2.26. The number of fused-ring (bicyclic) bond motifs is 1. The number of hydrogen-bond acceptors (Lipinski definition) is 3. The lowest BCUT2D eigenvalue weighted by molar-refractivity contribution is 0.415. The Kier molecular flexibility index (Phi) is 2.83. The zero-order chi connectivity index (χ0) is 13.2. The molecule has 0 spiro atoms. The van der Waals surface area contributed by atoms with Crippen LogP contribution in [0.1, 0.15) is 5.56 Å². The first kappa shape index (κ1) is 11.6. The number of anilines is 2. The number of pyridine rings is 1. The summed E-state index contributed by atoms with van der Waals surface area (Å²) in [7, 11) is 1.66. The van der Waals surface area contributed by atoms with Crippen LogP contribution in [0.2, 0.25) is 0 Å². The maximum atomic E-state index is 5.22. The summed E-state index contributed by atoms with van der Waals surface area (Å²) < 4.78 is 5.22. The van der Waals surface area contributed by atoms with Gasteiger partial charge in [-0.2, -0.15) is 0 Å². The molecule has 0 saturated heterocycles. The normalized spacial score (nSPS) is 10.6. The minimum Gasteiger partial charge on any atom is -0.497 e. The fourth-order valence-electron chi connectivity index (χ4n) is 2.13. The van der Waals surface area contributed by atoms with Crippen molar-refractivity contribution in [2.75, 3.05) is 12.4 Å². The minimum atomic E-state index is 0.818. The van der Waals surface area contributed by atoms with Gasteiger partial charge in [0, 0.05) is 29.5 Å². The Bertz CT molecular complexity index is 718. The molecule has 0 fully saturated rings. The zero-order valence-corrected chi connectivity index (χ0v) is 10.9. The van der Waals surface area contributed by atoms with Crippen molar-refractivity contribution in [3.05, 3.63) is 48.3 Å². The lowest BCUT2D eigenvalue weighted by Crippen LogP contribution is -1.95. The molecule has 3 rings (SSSR count).